The van der Waals surface area contributed by atoms with Crippen LogP contribution in [0.15, 0.2) is 33.6 Å². The van der Waals surface area contributed by atoms with Crippen LogP contribution in [0, 0.1) is 5.92 Å². The Bertz CT molecular complexity index is 678. The topological polar surface area (TPSA) is 83.7 Å². The standard InChI is InChI=1S/C15H20BrN3O3S/c16-12-1-3-14(4-2-12)23(21,22)19-9-13(10-19)18-7-5-11(6-8-18)15(17)20/h1-4,11,13H,5-10H2,(H2,17,20). The monoisotopic (exact) mass is 401 g/mol. The minimum atomic E-state index is -3.40. The average molecular weight is 402 g/mol. The number of hydrogen-bond acceptors (Lipinski definition) is 4. The summed E-state index contributed by atoms with van der Waals surface area (Å²) in [5.74, 6) is -0.258. The Balaban J connectivity index is 1.57. The van der Waals surface area contributed by atoms with Crippen molar-refractivity contribution in [2.75, 3.05) is 26.2 Å². The molecule has 8 heteroatoms. The first-order chi connectivity index (χ1) is 10.9. The SMILES string of the molecule is NC(=O)C1CCN(C2CN(S(=O)(=O)c3ccc(Br)cc3)C2)CC1. The lowest BCUT2D eigenvalue weighted by atomic mass is 9.94. The van der Waals surface area contributed by atoms with Gasteiger partial charge in [-0.2, -0.15) is 4.31 Å². The maximum Gasteiger partial charge on any atom is 0.243 e. The molecule has 2 fully saturated rings. The average Bonchev–Trinajstić information content (AvgIpc) is 2.46. The summed E-state index contributed by atoms with van der Waals surface area (Å²) >= 11 is 3.31. The number of amides is 1. The van der Waals surface area contributed by atoms with E-state index in [2.05, 4.69) is 20.8 Å². The molecular weight excluding hydrogens is 382 g/mol. The van der Waals surface area contributed by atoms with E-state index in [1.807, 2.05) is 0 Å². The highest BCUT2D eigenvalue weighted by molar-refractivity contribution is 9.10. The quantitative estimate of drug-likeness (QED) is 0.815. The van der Waals surface area contributed by atoms with Crippen LogP contribution in [-0.2, 0) is 14.8 Å². The molecule has 0 aromatic heterocycles. The number of likely N-dealkylation sites (tertiary alicyclic amines) is 1. The number of carbonyl (C=O) groups excluding carboxylic acids is 1. The van der Waals surface area contributed by atoms with E-state index < -0.39 is 10.0 Å². The van der Waals surface area contributed by atoms with Crippen molar-refractivity contribution in [1.29, 1.82) is 0 Å². The molecule has 23 heavy (non-hydrogen) atoms. The Hall–Kier alpha value is -0.960. The highest BCUT2D eigenvalue weighted by atomic mass is 79.9. The van der Waals surface area contributed by atoms with Crippen LogP contribution in [0.25, 0.3) is 0 Å². The Labute approximate surface area is 144 Å². The molecule has 0 bridgehead atoms. The zero-order chi connectivity index (χ0) is 16.6. The van der Waals surface area contributed by atoms with E-state index in [1.165, 1.54) is 4.31 Å². The van der Waals surface area contributed by atoms with Gasteiger partial charge in [0, 0.05) is 29.5 Å². The van der Waals surface area contributed by atoms with E-state index in [1.54, 1.807) is 24.3 Å². The van der Waals surface area contributed by atoms with Crippen LogP contribution in [-0.4, -0.2) is 55.8 Å². The normalized spacial score (nSPS) is 22.0. The molecule has 2 heterocycles. The minimum absolute atomic E-state index is 0.0334. The van der Waals surface area contributed by atoms with Crippen molar-refractivity contribution in [3.63, 3.8) is 0 Å². The van der Waals surface area contributed by atoms with E-state index in [4.69, 9.17) is 5.73 Å². The summed E-state index contributed by atoms with van der Waals surface area (Å²) in [4.78, 5) is 13.8. The highest BCUT2D eigenvalue weighted by Gasteiger charge is 2.40. The number of hydrogen-bond donors (Lipinski definition) is 1. The zero-order valence-corrected chi connectivity index (χ0v) is 15.1. The second-order valence-electron chi connectivity index (χ2n) is 6.14. The highest BCUT2D eigenvalue weighted by Crippen LogP contribution is 2.28. The first-order valence-electron chi connectivity index (χ1n) is 7.67. The molecule has 2 aliphatic heterocycles. The molecule has 2 aliphatic rings. The van der Waals surface area contributed by atoms with Crippen molar-refractivity contribution in [3.05, 3.63) is 28.7 Å². The van der Waals surface area contributed by atoms with Gasteiger partial charge in [0.25, 0.3) is 0 Å². The molecule has 126 valence electrons. The number of halogens is 1. The van der Waals surface area contributed by atoms with Crippen LogP contribution in [0.1, 0.15) is 12.8 Å². The minimum Gasteiger partial charge on any atom is -0.369 e. The fraction of sp³-hybridized carbons (Fsp3) is 0.533. The van der Waals surface area contributed by atoms with Crippen LogP contribution in [0.2, 0.25) is 0 Å². The number of carbonyl (C=O) groups is 1. The van der Waals surface area contributed by atoms with Crippen LogP contribution < -0.4 is 5.73 Å². The zero-order valence-electron chi connectivity index (χ0n) is 12.7. The summed E-state index contributed by atoms with van der Waals surface area (Å²) in [6, 6.07) is 6.95. The second kappa shape index (κ2) is 6.51. The maximum absolute atomic E-state index is 12.5. The van der Waals surface area contributed by atoms with Gasteiger partial charge < -0.3 is 5.73 Å². The predicted octanol–water partition coefficient (Wildman–Crippen LogP) is 1.02. The molecule has 0 unspecified atom stereocenters. The third kappa shape index (κ3) is 3.45. The van der Waals surface area contributed by atoms with E-state index in [9.17, 15) is 13.2 Å². The summed E-state index contributed by atoms with van der Waals surface area (Å²) in [6.07, 6.45) is 1.54. The van der Waals surface area contributed by atoms with Gasteiger partial charge in [0.15, 0.2) is 0 Å². The fourth-order valence-electron chi connectivity index (χ4n) is 3.15. The second-order valence-corrected chi connectivity index (χ2v) is 9.00. The number of nitrogens with zero attached hydrogens (tertiary/aromatic N) is 2. The molecule has 0 saturated carbocycles. The van der Waals surface area contributed by atoms with Gasteiger partial charge in [-0.25, -0.2) is 8.42 Å². The van der Waals surface area contributed by atoms with Crippen molar-refractivity contribution in [2.24, 2.45) is 11.7 Å². The first-order valence-corrected chi connectivity index (χ1v) is 9.90. The van der Waals surface area contributed by atoms with Crippen molar-refractivity contribution in [1.82, 2.24) is 9.21 Å². The Morgan fingerprint density at radius 2 is 1.70 bits per heavy atom. The lowest BCUT2D eigenvalue weighted by Crippen LogP contribution is -2.62. The van der Waals surface area contributed by atoms with Gasteiger partial charge in [-0.1, -0.05) is 15.9 Å². The fourth-order valence-corrected chi connectivity index (χ4v) is 4.93. The summed E-state index contributed by atoms with van der Waals surface area (Å²) in [5, 5.41) is 0. The largest absolute Gasteiger partial charge is 0.369 e. The summed E-state index contributed by atoms with van der Waals surface area (Å²) in [5.41, 5.74) is 5.34. The molecule has 0 aliphatic carbocycles. The van der Waals surface area contributed by atoms with E-state index >= 15 is 0 Å². The molecule has 6 nitrogen and oxygen atoms in total. The number of piperidine rings is 1. The number of rotatable bonds is 4. The molecule has 1 aromatic rings. The van der Waals surface area contributed by atoms with Gasteiger partial charge in [-0.3, -0.25) is 9.69 Å². The van der Waals surface area contributed by atoms with Crippen molar-refractivity contribution >= 4 is 31.9 Å². The molecular formula is C15H20BrN3O3S. The van der Waals surface area contributed by atoms with Gasteiger partial charge in [0.2, 0.25) is 15.9 Å². The maximum atomic E-state index is 12.5. The smallest absolute Gasteiger partial charge is 0.243 e. The van der Waals surface area contributed by atoms with E-state index in [0.29, 0.717) is 18.0 Å². The Morgan fingerprint density at radius 3 is 2.22 bits per heavy atom. The van der Waals surface area contributed by atoms with Crippen LogP contribution in [0.3, 0.4) is 0 Å². The Kier molecular flexibility index (Phi) is 4.78. The molecule has 0 radical (unpaired) electrons. The van der Waals surface area contributed by atoms with Crippen LogP contribution in [0.5, 0.6) is 0 Å². The van der Waals surface area contributed by atoms with Gasteiger partial charge in [-0.05, 0) is 50.2 Å². The number of primary amides is 1. The van der Waals surface area contributed by atoms with Crippen molar-refractivity contribution in [2.45, 2.75) is 23.8 Å². The molecule has 2 saturated heterocycles. The molecule has 1 amide bonds. The first kappa shape index (κ1) is 16.9. The molecule has 0 atom stereocenters. The molecule has 1 aromatic carbocycles. The molecule has 2 N–H and O–H groups in total. The third-order valence-corrected chi connectivity index (χ3v) is 7.10. The molecule has 0 spiro atoms. The number of benzene rings is 1. The summed E-state index contributed by atoms with van der Waals surface area (Å²) < 4.78 is 27.4. The van der Waals surface area contributed by atoms with Crippen molar-refractivity contribution < 1.29 is 13.2 Å². The van der Waals surface area contributed by atoms with Crippen molar-refractivity contribution in [3.8, 4) is 0 Å². The van der Waals surface area contributed by atoms with Crippen LogP contribution in [0.4, 0.5) is 0 Å². The lowest BCUT2D eigenvalue weighted by molar-refractivity contribution is -0.123. The summed E-state index contributed by atoms with van der Waals surface area (Å²) in [6.45, 7) is 2.65. The number of sulfonamides is 1. The van der Waals surface area contributed by atoms with E-state index in [0.717, 1.165) is 30.4 Å². The molecule has 3 rings (SSSR count). The van der Waals surface area contributed by atoms with Gasteiger partial charge >= 0.3 is 0 Å². The number of nitrogens with two attached hydrogens (primary N) is 1. The predicted molar refractivity (Wildman–Crippen MR) is 90.2 cm³/mol. The van der Waals surface area contributed by atoms with E-state index in [-0.39, 0.29) is 17.9 Å². The van der Waals surface area contributed by atoms with Gasteiger partial charge in [-0.15, -0.1) is 0 Å². The van der Waals surface area contributed by atoms with Gasteiger partial charge in [0.05, 0.1) is 4.90 Å². The summed E-state index contributed by atoms with van der Waals surface area (Å²) in [7, 11) is -3.40. The van der Waals surface area contributed by atoms with Crippen LogP contribution >= 0.6 is 15.9 Å². The lowest BCUT2D eigenvalue weighted by Gasteiger charge is -2.46. The third-order valence-electron chi connectivity index (χ3n) is 4.73. The van der Waals surface area contributed by atoms with Gasteiger partial charge in [0.1, 0.15) is 0 Å². The Morgan fingerprint density at radius 1 is 1.13 bits per heavy atom.